The molecule has 0 aliphatic heterocycles. The summed E-state index contributed by atoms with van der Waals surface area (Å²) < 4.78 is 0. The molecule has 1 N–H and O–H groups in total. The fourth-order valence-corrected chi connectivity index (χ4v) is 2.01. The van der Waals surface area contributed by atoms with Crippen LogP contribution in [-0.4, -0.2) is 21.9 Å². The second-order valence-corrected chi connectivity index (χ2v) is 4.49. The van der Waals surface area contributed by atoms with E-state index in [9.17, 15) is 0 Å². The van der Waals surface area contributed by atoms with Crippen LogP contribution in [0.2, 0.25) is 0 Å². The average molecular weight is 197 g/mol. The summed E-state index contributed by atoms with van der Waals surface area (Å²) in [6.45, 7) is 4.41. The SMILES string of the molecule is Cc1cccnc1SC(C)CCO. The lowest BCUT2D eigenvalue weighted by Gasteiger charge is -2.09. The van der Waals surface area contributed by atoms with Crippen LogP contribution in [0.1, 0.15) is 18.9 Å². The van der Waals surface area contributed by atoms with Crippen LogP contribution in [0.5, 0.6) is 0 Å². The molecule has 1 aromatic rings. The largest absolute Gasteiger partial charge is 0.396 e. The Morgan fingerprint density at radius 3 is 3.00 bits per heavy atom. The second-order valence-electron chi connectivity index (χ2n) is 3.07. The highest BCUT2D eigenvalue weighted by atomic mass is 32.2. The van der Waals surface area contributed by atoms with Crippen molar-refractivity contribution in [2.45, 2.75) is 30.5 Å². The number of aliphatic hydroxyl groups excluding tert-OH is 1. The molecule has 0 radical (unpaired) electrons. The average Bonchev–Trinajstić information content (AvgIpc) is 2.09. The van der Waals surface area contributed by atoms with Crippen molar-refractivity contribution in [3.63, 3.8) is 0 Å². The Morgan fingerprint density at radius 1 is 1.62 bits per heavy atom. The molecule has 3 heteroatoms. The van der Waals surface area contributed by atoms with Gasteiger partial charge in [-0.1, -0.05) is 13.0 Å². The lowest BCUT2D eigenvalue weighted by molar-refractivity contribution is 0.289. The quantitative estimate of drug-likeness (QED) is 0.752. The Kier molecular flexibility index (Phi) is 4.25. The topological polar surface area (TPSA) is 33.1 Å². The molecule has 1 unspecified atom stereocenters. The zero-order chi connectivity index (χ0) is 9.68. The van der Waals surface area contributed by atoms with Gasteiger partial charge in [-0.2, -0.15) is 0 Å². The number of rotatable bonds is 4. The molecule has 1 heterocycles. The number of nitrogens with zero attached hydrogens (tertiary/aromatic N) is 1. The molecule has 0 aliphatic carbocycles. The van der Waals surface area contributed by atoms with Crippen molar-refractivity contribution >= 4 is 11.8 Å². The van der Waals surface area contributed by atoms with Crippen LogP contribution in [0.3, 0.4) is 0 Å². The molecular weight excluding hydrogens is 182 g/mol. The summed E-state index contributed by atoms with van der Waals surface area (Å²) in [6, 6.07) is 4.00. The Labute approximate surface area is 83.4 Å². The highest BCUT2D eigenvalue weighted by Crippen LogP contribution is 2.25. The van der Waals surface area contributed by atoms with Crippen LogP contribution in [0.15, 0.2) is 23.4 Å². The van der Waals surface area contributed by atoms with Crippen LogP contribution < -0.4 is 0 Å². The van der Waals surface area contributed by atoms with E-state index in [1.54, 1.807) is 18.0 Å². The van der Waals surface area contributed by atoms with E-state index >= 15 is 0 Å². The molecule has 72 valence electrons. The summed E-state index contributed by atoms with van der Waals surface area (Å²) in [6.07, 6.45) is 2.63. The summed E-state index contributed by atoms with van der Waals surface area (Å²) >= 11 is 1.72. The number of aromatic nitrogens is 1. The molecule has 0 saturated carbocycles. The van der Waals surface area contributed by atoms with E-state index < -0.39 is 0 Å². The van der Waals surface area contributed by atoms with Gasteiger partial charge in [-0.05, 0) is 25.0 Å². The van der Waals surface area contributed by atoms with E-state index in [2.05, 4.69) is 24.9 Å². The van der Waals surface area contributed by atoms with Gasteiger partial charge in [-0.3, -0.25) is 0 Å². The van der Waals surface area contributed by atoms with Crippen molar-refractivity contribution in [2.24, 2.45) is 0 Å². The Morgan fingerprint density at radius 2 is 2.38 bits per heavy atom. The monoisotopic (exact) mass is 197 g/mol. The van der Waals surface area contributed by atoms with Gasteiger partial charge < -0.3 is 5.11 Å². The van der Waals surface area contributed by atoms with Crippen molar-refractivity contribution in [3.8, 4) is 0 Å². The van der Waals surface area contributed by atoms with Crippen molar-refractivity contribution in [2.75, 3.05) is 6.61 Å². The predicted molar refractivity (Wildman–Crippen MR) is 56.0 cm³/mol. The second kappa shape index (κ2) is 5.25. The number of aliphatic hydroxyl groups is 1. The lowest BCUT2D eigenvalue weighted by atomic mass is 10.3. The van der Waals surface area contributed by atoms with Crippen LogP contribution in [0.25, 0.3) is 0 Å². The van der Waals surface area contributed by atoms with Gasteiger partial charge in [0.25, 0.3) is 0 Å². The molecule has 0 bridgehead atoms. The van der Waals surface area contributed by atoms with Gasteiger partial charge in [-0.15, -0.1) is 11.8 Å². The highest BCUT2D eigenvalue weighted by molar-refractivity contribution is 7.99. The first-order chi connectivity index (χ1) is 6.24. The molecule has 0 spiro atoms. The summed E-state index contributed by atoms with van der Waals surface area (Å²) in [4.78, 5) is 4.28. The Balaban J connectivity index is 2.58. The van der Waals surface area contributed by atoms with E-state index in [1.807, 2.05) is 6.07 Å². The Hall–Kier alpha value is -0.540. The van der Waals surface area contributed by atoms with Gasteiger partial charge in [0.15, 0.2) is 0 Å². The number of thioether (sulfide) groups is 1. The predicted octanol–water partition coefficient (Wildman–Crippen LogP) is 2.25. The first-order valence-electron chi connectivity index (χ1n) is 4.43. The van der Waals surface area contributed by atoms with Crippen molar-refractivity contribution in [3.05, 3.63) is 23.9 Å². The zero-order valence-electron chi connectivity index (χ0n) is 8.03. The summed E-state index contributed by atoms with van der Waals surface area (Å²) in [5.41, 5.74) is 1.21. The number of hydrogen-bond donors (Lipinski definition) is 1. The molecule has 1 rings (SSSR count). The molecule has 0 aromatic carbocycles. The molecule has 0 aliphatic rings. The minimum atomic E-state index is 0.250. The molecule has 1 aromatic heterocycles. The van der Waals surface area contributed by atoms with Crippen molar-refractivity contribution in [1.29, 1.82) is 0 Å². The maximum absolute atomic E-state index is 8.75. The number of hydrogen-bond acceptors (Lipinski definition) is 3. The molecular formula is C10H15NOS. The molecule has 13 heavy (non-hydrogen) atoms. The molecule has 0 fully saturated rings. The standard InChI is InChI=1S/C10H15NOS/c1-8-4-3-6-11-10(8)13-9(2)5-7-12/h3-4,6,9,12H,5,7H2,1-2H3. The zero-order valence-corrected chi connectivity index (χ0v) is 8.84. The van der Waals surface area contributed by atoms with Gasteiger partial charge in [0.1, 0.15) is 0 Å². The fraction of sp³-hybridized carbons (Fsp3) is 0.500. The molecule has 0 saturated heterocycles. The summed E-state index contributed by atoms with van der Waals surface area (Å²) in [5, 5.41) is 10.3. The van der Waals surface area contributed by atoms with Gasteiger partial charge in [0.05, 0.1) is 5.03 Å². The third-order valence-corrected chi connectivity index (χ3v) is 3.10. The lowest BCUT2D eigenvalue weighted by Crippen LogP contribution is -2.00. The van der Waals surface area contributed by atoms with Crippen LogP contribution in [0, 0.1) is 6.92 Å². The maximum atomic E-state index is 8.75. The van der Waals surface area contributed by atoms with E-state index in [4.69, 9.17) is 5.11 Å². The van der Waals surface area contributed by atoms with Crippen LogP contribution in [0.4, 0.5) is 0 Å². The van der Waals surface area contributed by atoms with E-state index in [0.717, 1.165) is 11.4 Å². The van der Waals surface area contributed by atoms with Crippen molar-refractivity contribution < 1.29 is 5.11 Å². The molecule has 2 nitrogen and oxygen atoms in total. The smallest absolute Gasteiger partial charge is 0.0991 e. The number of pyridine rings is 1. The first-order valence-corrected chi connectivity index (χ1v) is 5.31. The van der Waals surface area contributed by atoms with E-state index in [1.165, 1.54) is 5.56 Å². The summed E-state index contributed by atoms with van der Waals surface area (Å²) in [5.74, 6) is 0. The molecule has 1 atom stereocenters. The normalized spacial score (nSPS) is 12.8. The van der Waals surface area contributed by atoms with Gasteiger partial charge in [0, 0.05) is 18.1 Å². The van der Waals surface area contributed by atoms with E-state index in [-0.39, 0.29) is 6.61 Å². The third kappa shape index (κ3) is 3.36. The first kappa shape index (κ1) is 10.5. The van der Waals surface area contributed by atoms with E-state index in [0.29, 0.717) is 5.25 Å². The Bertz CT molecular complexity index is 265. The minimum absolute atomic E-state index is 0.250. The fourth-order valence-electron chi connectivity index (χ4n) is 1.03. The van der Waals surface area contributed by atoms with Crippen LogP contribution >= 0.6 is 11.8 Å². The minimum Gasteiger partial charge on any atom is -0.396 e. The van der Waals surface area contributed by atoms with Gasteiger partial charge in [0.2, 0.25) is 0 Å². The van der Waals surface area contributed by atoms with Crippen LogP contribution in [-0.2, 0) is 0 Å². The highest BCUT2D eigenvalue weighted by Gasteiger charge is 2.06. The van der Waals surface area contributed by atoms with Crippen molar-refractivity contribution in [1.82, 2.24) is 4.98 Å². The maximum Gasteiger partial charge on any atom is 0.0991 e. The number of aryl methyl sites for hydroxylation is 1. The molecule has 0 amide bonds. The van der Waals surface area contributed by atoms with Gasteiger partial charge in [-0.25, -0.2) is 4.98 Å². The van der Waals surface area contributed by atoms with Gasteiger partial charge >= 0.3 is 0 Å². The third-order valence-electron chi connectivity index (χ3n) is 1.81. The summed E-state index contributed by atoms with van der Waals surface area (Å²) in [7, 11) is 0.